The number of rotatable bonds is 2. The van der Waals surface area contributed by atoms with Crippen LogP contribution in [-0.4, -0.2) is 17.7 Å². The van der Waals surface area contributed by atoms with Gasteiger partial charge in [0.15, 0.2) is 16.3 Å². The molecule has 0 aliphatic heterocycles. The summed E-state index contributed by atoms with van der Waals surface area (Å²) in [5.74, 6) is -0.887. The average molecular weight is 183 g/mol. The van der Waals surface area contributed by atoms with E-state index in [4.69, 9.17) is 5.11 Å². The van der Waals surface area contributed by atoms with E-state index in [2.05, 4.69) is 20.1 Å². The van der Waals surface area contributed by atoms with E-state index in [0.29, 0.717) is 0 Å². The van der Waals surface area contributed by atoms with Crippen LogP contribution >= 0.6 is 16.3 Å². The first kappa shape index (κ1) is 7.91. The van der Waals surface area contributed by atoms with E-state index in [0.717, 1.165) is 0 Å². The second-order valence-electron chi connectivity index (χ2n) is 1.48. The van der Waals surface area contributed by atoms with Gasteiger partial charge >= 0.3 is 5.97 Å². The fourth-order valence-corrected chi connectivity index (χ4v) is 0.470. The molecule has 1 N–H and O–H groups in total. The van der Waals surface area contributed by atoms with Crippen molar-refractivity contribution in [3.8, 4) is 0 Å². The van der Waals surface area contributed by atoms with Crippen LogP contribution < -0.4 is 0 Å². The molecule has 0 saturated carbocycles. The van der Waals surface area contributed by atoms with Gasteiger partial charge in [0.25, 0.3) is 0 Å². The summed E-state index contributed by atoms with van der Waals surface area (Å²) in [5.41, 5.74) is 0. The molecule has 0 bridgehead atoms. The first-order valence-electron chi connectivity index (χ1n) is 2.15. The van der Waals surface area contributed by atoms with Crippen LogP contribution in [0.2, 0.25) is 0 Å². The van der Waals surface area contributed by atoms with E-state index in [-0.39, 0.29) is 6.61 Å². The molecule has 0 radical (unpaired) electrons. The van der Waals surface area contributed by atoms with E-state index < -0.39 is 11.9 Å². The highest BCUT2D eigenvalue weighted by atomic mass is 79.9. The Morgan fingerprint density at radius 3 is 2.62 bits per heavy atom. The highest BCUT2D eigenvalue weighted by Gasteiger charge is 2.10. The Morgan fingerprint density at radius 1 is 2.00 bits per heavy atom. The maximum atomic E-state index is 10.3. The van der Waals surface area contributed by atoms with Crippen molar-refractivity contribution in [2.24, 2.45) is 5.92 Å². The predicted molar refractivity (Wildman–Crippen MR) is 31.3 cm³/mol. The molecular weight excluding hydrogens is 176 g/mol. The minimum atomic E-state index is -0.451. The highest BCUT2D eigenvalue weighted by Crippen LogP contribution is 1.98. The lowest BCUT2D eigenvalue weighted by molar-refractivity contribution is -0.137. The van der Waals surface area contributed by atoms with Crippen LogP contribution in [0.5, 0.6) is 0 Å². The van der Waals surface area contributed by atoms with Crippen LogP contribution in [0, 0.1) is 5.92 Å². The van der Waals surface area contributed by atoms with Crippen LogP contribution in [0.25, 0.3) is 0 Å². The molecule has 0 aromatic carbocycles. The lowest BCUT2D eigenvalue weighted by Crippen LogP contribution is -2.13. The van der Waals surface area contributed by atoms with E-state index in [1.165, 1.54) is 0 Å². The SMILES string of the molecule is CC(CO)C(=O)OBr. The smallest absolute Gasteiger partial charge is 0.322 e. The van der Waals surface area contributed by atoms with Gasteiger partial charge in [0.1, 0.15) is 0 Å². The molecule has 1 atom stereocenters. The summed E-state index contributed by atoms with van der Waals surface area (Å²) in [6, 6.07) is 0. The number of aliphatic hydroxyl groups is 1. The van der Waals surface area contributed by atoms with Crippen molar-refractivity contribution < 1.29 is 13.7 Å². The second-order valence-corrected chi connectivity index (χ2v) is 1.80. The molecule has 1 unspecified atom stereocenters. The zero-order chi connectivity index (χ0) is 6.57. The van der Waals surface area contributed by atoms with Gasteiger partial charge in [-0.1, -0.05) is 0 Å². The minimum Gasteiger partial charge on any atom is -0.395 e. The van der Waals surface area contributed by atoms with Crippen LogP contribution in [0.3, 0.4) is 0 Å². The summed E-state index contributed by atoms with van der Waals surface area (Å²) in [6.45, 7) is 1.40. The zero-order valence-corrected chi connectivity index (χ0v) is 6.01. The molecule has 3 nitrogen and oxygen atoms in total. The third-order valence-corrected chi connectivity index (χ3v) is 1.07. The molecule has 0 aromatic rings. The number of carbonyl (C=O) groups is 1. The van der Waals surface area contributed by atoms with Gasteiger partial charge in [-0.25, -0.2) is 0 Å². The van der Waals surface area contributed by atoms with E-state index >= 15 is 0 Å². The number of carbonyl (C=O) groups excluding carboxylic acids is 1. The summed E-state index contributed by atoms with van der Waals surface area (Å²) in [7, 11) is 0. The molecular formula is C4H7BrO3. The van der Waals surface area contributed by atoms with Crippen LogP contribution in [-0.2, 0) is 8.62 Å². The third kappa shape index (κ3) is 2.28. The van der Waals surface area contributed by atoms with Gasteiger partial charge in [-0.15, -0.1) is 0 Å². The van der Waals surface area contributed by atoms with Crippen molar-refractivity contribution in [2.45, 2.75) is 6.92 Å². The summed E-state index contributed by atoms with van der Waals surface area (Å²) in [6.07, 6.45) is 0. The van der Waals surface area contributed by atoms with Crippen molar-refractivity contribution >= 4 is 22.2 Å². The molecule has 0 saturated heterocycles. The lowest BCUT2D eigenvalue weighted by Gasteiger charge is -1.99. The van der Waals surface area contributed by atoms with Gasteiger partial charge in [-0.05, 0) is 6.92 Å². The Morgan fingerprint density at radius 2 is 2.50 bits per heavy atom. The summed E-state index contributed by atoms with van der Waals surface area (Å²) in [5, 5.41) is 8.31. The van der Waals surface area contributed by atoms with Gasteiger partial charge in [-0.2, -0.15) is 0 Å². The number of hydrogen-bond acceptors (Lipinski definition) is 3. The molecule has 0 amide bonds. The Labute approximate surface area is 56.1 Å². The van der Waals surface area contributed by atoms with E-state index in [1.807, 2.05) is 0 Å². The largest absolute Gasteiger partial charge is 0.395 e. The quantitative estimate of drug-likeness (QED) is 0.676. The Kier molecular flexibility index (Phi) is 3.81. The van der Waals surface area contributed by atoms with Gasteiger partial charge in [0.2, 0.25) is 0 Å². The summed E-state index contributed by atoms with van der Waals surface area (Å²) in [4.78, 5) is 10.3. The fraction of sp³-hybridized carbons (Fsp3) is 0.750. The molecule has 0 heterocycles. The molecule has 8 heavy (non-hydrogen) atoms. The fourth-order valence-electron chi connectivity index (χ4n) is 0.151. The molecule has 0 rings (SSSR count). The Bertz CT molecular complexity index is 83.4. The van der Waals surface area contributed by atoms with Crippen molar-refractivity contribution in [3.05, 3.63) is 0 Å². The van der Waals surface area contributed by atoms with Gasteiger partial charge in [0.05, 0.1) is 12.5 Å². The monoisotopic (exact) mass is 182 g/mol. The molecule has 0 aliphatic carbocycles. The van der Waals surface area contributed by atoms with Crippen molar-refractivity contribution in [1.82, 2.24) is 0 Å². The molecule has 0 aliphatic rings. The first-order chi connectivity index (χ1) is 3.72. The van der Waals surface area contributed by atoms with Crippen LogP contribution in [0.15, 0.2) is 0 Å². The maximum Gasteiger partial charge on any atom is 0.322 e. The normalized spacial score (nSPS) is 12.9. The molecule has 0 spiro atoms. The van der Waals surface area contributed by atoms with Crippen LogP contribution in [0.4, 0.5) is 0 Å². The first-order valence-corrected chi connectivity index (χ1v) is 2.80. The summed E-state index contributed by atoms with van der Waals surface area (Å²) < 4.78 is 4.12. The predicted octanol–water partition coefficient (Wildman–Crippen LogP) is 0.468. The number of halogens is 1. The topological polar surface area (TPSA) is 46.5 Å². The van der Waals surface area contributed by atoms with Crippen molar-refractivity contribution in [1.29, 1.82) is 0 Å². The number of hydrogen-bond donors (Lipinski definition) is 1. The minimum absolute atomic E-state index is 0.176. The molecule has 4 heteroatoms. The molecule has 0 aromatic heterocycles. The summed E-state index contributed by atoms with van der Waals surface area (Å²) >= 11 is 2.50. The molecule has 48 valence electrons. The Hall–Kier alpha value is -0.0900. The third-order valence-electron chi connectivity index (χ3n) is 0.752. The van der Waals surface area contributed by atoms with Crippen molar-refractivity contribution in [3.63, 3.8) is 0 Å². The van der Waals surface area contributed by atoms with Gasteiger partial charge < -0.3 is 8.93 Å². The Balaban J connectivity index is 3.46. The lowest BCUT2D eigenvalue weighted by atomic mass is 10.2. The van der Waals surface area contributed by atoms with Crippen LogP contribution in [0.1, 0.15) is 6.92 Å². The molecule has 0 fully saturated rings. The zero-order valence-electron chi connectivity index (χ0n) is 4.43. The maximum absolute atomic E-state index is 10.3. The average Bonchev–Trinajstić information content (AvgIpc) is 1.84. The second kappa shape index (κ2) is 3.86. The standard InChI is InChI=1S/C4H7BrO3/c1-3(2-6)4(7)8-5/h3,6H,2H2,1H3. The van der Waals surface area contributed by atoms with Crippen molar-refractivity contribution in [2.75, 3.05) is 6.61 Å². The van der Waals surface area contributed by atoms with E-state index in [1.54, 1.807) is 6.92 Å². The van der Waals surface area contributed by atoms with Gasteiger partial charge in [0, 0.05) is 0 Å². The van der Waals surface area contributed by atoms with E-state index in [9.17, 15) is 4.79 Å². The highest BCUT2D eigenvalue weighted by molar-refractivity contribution is 9.06. The van der Waals surface area contributed by atoms with Gasteiger partial charge in [-0.3, -0.25) is 4.79 Å². The number of aliphatic hydroxyl groups excluding tert-OH is 1.